The summed E-state index contributed by atoms with van der Waals surface area (Å²) in [5.74, 6) is -1.34. The number of nitrogens with zero attached hydrogens (tertiary/aromatic N) is 1. The van der Waals surface area contributed by atoms with Crippen molar-refractivity contribution >= 4 is 17.8 Å². The Morgan fingerprint density at radius 2 is 1.78 bits per heavy atom. The molecule has 1 aliphatic heterocycles. The van der Waals surface area contributed by atoms with Crippen LogP contribution in [0.25, 0.3) is 0 Å². The number of piperidine rings is 1. The van der Waals surface area contributed by atoms with Gasteiger partial charge >= 0.3 is 12.1 Å². The summed E-state index contributed by atoms with van der Waals surface area (Å²) >= 11 is 0. The largest absolute Gasteiger partial charge is 0.447 e. The molecule has 1 aliphatic carbocycles. The lowest BCUT2D eigenvalue weighted by molar-refractivity contribution is -0.0731. The van der Waals surface area contributed by atoms with Crippen LogP contribution in [0.5, 0.6) is 0 Å². The summed E-state index contributed by atoms with van der Waals surface area (Å²) in [6, 6.07) is 1.67. The molecule has 3 rings (SSSR count). The first-order valence-electron chi connectivity index (χ1n) is 12.8. The second-order valence-corrected chi connectivity index (χ2v) is 9.71. The molecule has 202 valence electrons. The third-order valence-corrected chi connectivity index (χ3v) is 6.56. The van der Waals surface area contributed by atoms with Gasteiger partial charge in [0.25, 0.3) is 0 Å². The minimum absolute atomic E-state index is 0.0123. The molecule has 0 atom stereocenters. The Labute approximate surface area is 210 Å². The van der Waals surface area contributed by atoms with Gasteiger partial charge in [0, 0.05) is 38.3 Å². The molecule has 1 aromatic rings. The zero-order valence-corrected chi connectivity index (χ0v) is 21.0. The quantitative estimate of drug-likeness (QED) is 0.294. The summed E-state index contributed by atoms with van der Waals surface area (Å²) in [5, 5.41) is 13.5. The Morgan fingerprint density at radius 3 is 2.42 bits per heavy atom. The lowest BCUT2D eigenvalue weighted by Crippen LogP contribution is -2.44. The Kier molecular flexibility index (Phi) is 10.7. The van der Waals surface area contributed by atoms with Crippen molar-refractivity contribution in [1.82, 2.24) is 15.7 Å². The van der Waals surface area contributed by atoms with Crippen LogP contribution in [0, 0.1) is 11.6 Å². The van der Waals surface area contributed by atoms with Gasteiger partial charge in [0.05, 0.1) is 17.9 Å². The highest BCUT2D eigenvalue weighted by Gasteiger charge is 2.28. The number of carbonyl (C=O) groups excluding carboxylic acids is 2. The van der Waals surface area contributed by atoms with Crippen molar-refractivity contribution in [2.24, 2.45) is 0 Å². The van der Waals surface area contributed by atoms with E-state index in [0.29, 0.717) is 37.9 Å². The number of benzene rings is 1. The second-order valence-electron chi connectivity index (χ2n) is 9.71. The van der Waals surface area contributed by atoms with Gasteiger partial charge in [-0.15, -0.1) is 0 Å². The number of rotatable bonds is 9. The van der Waals surface area contributed by atoms with Crippen LogP contribution < -0.4 is 16.1 Å². The predicted molar refractivity (Wildman–Crippen MR) is 131 cm³/mol. The van der Waals surface area contributed by atoms with E-state index in [1.54, 1.807) is 4.90 Å². The number of carbonyl (C=O) groups is 2. The monoisotopic (exact) mass is 512 g/mol. The van der Waals surface area contributed by atoms with Crippen LogP contribution in [0.4, 0.5) is 24.1 Å². The van der Waals surface area contributed by atoms with Crippen molar-refractivity contribution in [3.8, 4) is 0 Å². The van der Waals surface area contributed by atoms with Crippen molar-refractivity contribution in [2.45, 2.75) is 83.0 Å². The molecular weight excluding hydrogens is 474 g/mol. The smallest absolute Gasteiger partial charge is 0.410 e. The number of aliphatic hydroxyl groups excluding tert-OH is 1. The fraction of sp³-hybridized carbons (Fsp3) is 0.680. The number of hydroxylamine groups is 1. The number of ether oxygens (including phenoxy) is 1. The minimum atomic E-state index is -0.684. The fourth-order valence-electron chi connectivity index (χ4n) is 4.57. The van der Waals surface area contributed by atoms with E-state index in [1.807, 2.05) is 13.8 Å². The van der Waals surface area contributed by atoms with Gasteiger partial charge in [-0.25, -0.2) is 18.4 Å². The number of aliphatic hydroxyl groups is 1. The molecule has 1 aromatic carbocycles. The maximum absolute atomic E-state index is 14.8. The lowest BCUT2D eigenvalue weighted by atomic mass is 9.81. The molecule has 0 bridgehead atoms. The Bertz CT molecular complexity index is 872. The van der Waals surface area contributed by atoms with Gasteiger partial charge in [0.15, 0.2) is 0 Å². The number of hydrogen-bond acceptors (Lipinski definition) is 6. The second kappa shape index (κ2) is 13.7. The molecule has 3 amide bonds. The first-order valence-corrected chi connectivity index (χ1v) is 12.8. The minimum Gasteiger partial charge on any atom is -0.447 e. The van der Waals surface area contributed by atoms with Gasteiger partial charge in [0.2, 0.25) is 0 Å². The number of nitrogens with one attached hydrogen (secondary N) is 3. The normalized spacial score (nSPS) is 20.9. The zero-order valence-electron chi connectivity index (χ0n) is 21.0. The highest BCUT2D eigenvalue weighted by atomic mass is 19.1. The highest BCUT2D eigenvalue weighted by molar-refractivity contribution is 5.89. The molecule has 0 unspecified atom stereocenters. The molecule has 0 radical (unpaired) electrons. The number of halogens is 2. The van der Waals surface area contributed by atoms with E-state index in [4.69, 9.17) is 14.7 Å². The van der Waals surface area contributed by atoms with Crippen LogP contribution in [0.1, 0.15) is 70.3 Å². The molecule has 2 aliphatic rings. The van der Waals surface area contributed by atoms with E-state index in [-0.39, 0.29) is 49.1 Å². The number of amides is 3. The lowest BCUT2D eigenvalue weighted by Gasteiger charge is -2.34. The maximum Gasteiger partial charge on any atom is 0.410 e. The van der Waals surface area contributed by atoms with Gasteiger partial charge in [-0.1, -0.05) is 0 Å². The summed E-state index contributed by atoms with van der Waals surface area (Å²) in [7, 11) is 0. The molecule has 0 aromatic heterocycles. The first-order chi connectivity index (χ1) is 17.3. The summed E-state index contributed by atoms with van der Waals surface area (Å²) in [4.78, 5) is 31.4. The average Bonchev–Trinajstić information content (AvgIpc) is 2.85. The van der Waals surface area contributed by atoms with Crippen LogP contribution in [-0.2, 0) is 9.57 Å². The third-order valence-electron chi connectivity index (χ3n) is 6.56. The molecule has 1 saturated heterocycles. The summed E-state index contributed by atoms with van der Waals surface area (Å²) in [5.41, 5.74) is 3.25. The molecular formula is C25H38F2N4O5. The van der Waals surface area contributed by atoms with Crippen molar-refractivity contribution in [1.29, 1.82) is 0 Å². The average molecular weight is 513 g/mol. The Hall–Kier alpha value is -2.50. The zero-order chi connectivity index (χ0) is 26.1. The van der Waals surface area contributed by atoms with E-state index in [9.17, 15) is 18.4 Å². The van der Waals surface area contributed by atoms with Gasteiger partial charge in [-0.2, -0.15) is 5.48 Å². The van der Waals surface area contributed by atoms with Gasteiger partial charge in [0.1, 0.15) is 11.6 Å². The topological polar surface area (TPSA) is 112 Å². The van der Waals surface area contributed by atoms with Crippen molar-refractivity contribution < 1.29 is 33.1 Å². The van der Waals surface area contributed by atoms with Crippen LogP contribution in [0.15, 0.2) is 12.1 Å². The fourth-order valence-corrected chi connectivity index (χ4v) is 4.57. The SMILES string of the molecule is CC(C)OC(=O)N1CCC(ONC2CCC(c3cc(F)c(NC(=O)NCCCO)cc3F)CC2)CC1. The maximum atomic E-state index is 14.8. The Morgan fingerprint density at radius 1 is 1.08 bits per heavy atom. The van der Waals surface area contributed by atoms with Crippen molar-refractivity contribution in [3.05, 3.63) is 29.3 Å². The highest BCUT2D eigenvalue weighted by Crippen LogP contribution is 2.36. The molecule has 2 fully saturated rings. The van der Waals surface area contributed by atoms with Crippen LogP contribution in [0.3, 0.4) is 0 Å². The summed E-state index contributed by atoms with van der Waals surface area (Å²) < 4.78 is 34.6. The molecule has 4 N–H and O–H groups in total. The molecule has 1 saturated carbocycles. The van der Waals surface area contributed by atoms with E-state index < -0.39 is 17.7 Å². The Balaban J connectivity index is 1.41. The van der Waals surface area contributed by atoms with Crippen LogP contribution >= 0.6 is 0 Å². The van der Waals surface area contributed by atoms with E-state index in [0.717, 1.165) is 31.7 Å². The van der Waals surface area contributed by atoms with Gasteiger partial charge < -0.3 is 25.4 Å². The van der Waals surface area contributed by atoms with E-state index in [2.05, 4.69) is 16.1 Å². The molecule has 1 heterocycles. The summed E-state index contributed by atoms with van der Waals surface area (Å²) in [6.45, 7) is 4.99. The molecule has 9 nitrogen and oxygen atoms in total. The molecule has 36 heavy (non-hydrogen) atoms. The number of hydrogen-bond donors (Lipinski definition) is 4. The number of anilines is 1. The molecule has 0 spiro atoms. The van der Waals surface area contributed by atoms with E-state index >= 15 is 0 Å². The number of urea groups is 1. The van der Waals surface area contributed by atoms with Gasteiger partial charge in [-0.3, -0.25) is 4.84 Å². The summed E-state index contributed by atoms with van der Waals surface area (Å²) in [6.07, 6.45) is 4.30. The predicted octanol–water partition coefficient (Wildman–Crippen LogP) is 4.03. The standard InChI is InChI=1S/C25H38F2N4O5/c1-16(2)35-25(34)31-11-8-19(9-12-31)36-30-18-6-4-17(5-7-18)20-14-22(27)23(15-21(20)26)29-24(33)28-10-3-13-32/h14-19,30,32H,3-13H2,1-2H3,(H2,28,29,33). The molecule has 11 heteroatoms. The van der Waals surface area contributed by atoms with Crippen LogP contribution in [-0.4, -0.2) is 66.6 Å². The van der Waals surface area contributed by atoms with Crippen molar-refractivity contribution in [3.63, 3.8) is 0 Å². The van der Waals surface area contributed by atoms with Gasteiger partial charge in [-0.05, 0) is 76.3 Å². The first kappa shape index (κ1) is 28.1. The van der Waals surface area contributed by atoms with Crippen LogP contribution in [0.2, 0.25) is 0 Å². The van der Waals surface area contributed by atoms with Crippen molar-refractivity contribution in [2.75, 3.05) is 31.6 Å². The third kappa shape index (κ3) is 8.28. The van der Waals surface area contributed by atoms with E-state index in [1.165, 1.54) is 6.07 Å². The number of likely N-dealkylation sites (tertiary alicyclic amines) is 1.